The minimum absolute atomic E-state index is 0.0780. The van der Waals surface area contributed by atoms with Crippen molar-refractivity contribution in [1.29, 1.82) is 0 Å². The van der Waals surface area contributed by atoms with Crippen LogP contribution in [0.4, 0.5) is 14.5 Å². The van der Waals surface area contributed by atoms with Gasteiger partial charge in [0.25, 0.3) is 5.91 Å². The Morgan fingerprint density at radius 1 is 1.15 bits per heavy atom. The van der Waals surface area contributed by atoms with Gasteiger partial charge in [-0.2, -0.15) is 0 Å². The summed E-state index contributed by atoms with van der Waals surface area (Å²) in [4.78, 5) is 12.3. The normalized spacial score (nSPS) is 19.7. The second-order valence-electron chi connectivity index (χ2n) is 6.25. The number of ether oxygens (including phenoxy) is 4. The fourth-order valence-corrected chi connectivity index (χ4v) is 2.90. The molecule has 2 aromatic carbocycles. The number of halogens is 2. The summed E-state index contributed by atoms with van der Waals surface area (Å²) in [6.07, 6.45) is -1.54. The van der Waals surface area contributed by atoms with Gasteiger partial charge in [-0.15, -0.1) is 8.78 Å². The van der Waals surface area contributed by atoms with Crippen LogP contribution < -0.4 is 19.5 Å². The molecule has 2 heterocycles. The first-order valence-corrected chi connectivity index (χ1v) is 8.54. The van der Waals surface area contributed by atoms with Gasteiger partial charge in [0.2, 0.25) is 0 Å². The quantitative estimate of drug-likeness (QED) is 0.858. The van der Waals surface area contributed by atoms with Gasteiger partial charge in [0.1, 0.15) is 12.4 Å². The van der Waals surface area contributed by atoms with Crippen molar-refractivity contribution < 1.29 is 32.5 Å². The fraction of sp³-hybridized carbons (Fsp3) is 0.316. The molecule has 0 saturated carbocycles. The van der Waals surface area contributed by atoms with Gasteiger partial charge in [0.05, 0.1) is 6.10 Å². The minimum Gasteiger partial charge on any atom is -0.491 e. The Morgan fingerprint density at radius 3 is 2.67 bits per heavy atom. The molecule has 6 nitrogen and oxygen atoms in total. The van der Waals surface area contributed by atoms with Gasteiger partial charge in [0, 0.05) is 23.9 Å². The van der Waals surface area contributed by atoms with Gasteiger partial charge in [0.15, 0.2) is 11.5 Å². The van der Waals surface area contributed by atoms with Crippen LogP contribution in [0.3, 0.4) is 0 Å². The number of alkyl halides is 2. The molecule has 0 bridgehead atoms. The van der Waals surface area contributed by atoms with E-state index in [0.29, 0.717) is 23.6 Å². The van der Waals surface area contributed by atoms with Crippen LogP contribution >= 0.6 is 0 Å². The highest BCUT2D eigenvalue weighted by molar-refractivity contribution is 6.04. The van der Waals surface area contributed by atoms with E-state index in [1.807, 2.05) is 0 Å². The lowest BCUT2D eigenvalue weighted by atomic mass is 10.2. The zero-order valence-corrected chi connectivity index (χ0v) is 14.2. The van der Waals surface area contributed by atoms with E-state index in [-0.39, 0.29) is 23.5 Å². The Labute approximate surface area is 154 Å². The second-order valence-corrected chi connectivity index (χ2v) is 6.25. The Balaban J connectivity index is 1.36. The number of hydrogen-bond donors (Lipinski definition) is 1. The highest BCUT2D eigenvalue weighted by atomic mass is 19.3. The van der Waals surface area contributed by atoms with Gasteiger partial charge in [-0.3, -0.25) is 4.79 Å². The lowest BCUT2D eigenvalue weighted by molar-refractivity contribution is -0.286. The van der Waals surface area contributed by atoms with Crippen molar-refractivity contribution in [3.8, 4) is 17.2 Å². The molecular formula is C19H17F2NO5. The molecule has 2 aliphatic rings. The average molecular weight is 377 g/mol. The average Bonchev–Trinajstić information content (AvgIpc) is 3.26. The van der Waals surface area contributed by atoms with Crippen LogP contribution in [0.25, 0.3) is 0 Å². The van der Waals surface area contributed by atoms with Gasteiger partial charge in [-0.1, -0.05) is 0 Å². The van der Waals surface area contributed by atoms with E-state index in [2.05, 4.69) is 14.8 Å². The van der Waals surface area contributed by atoms with Crippen LogP contribution in [0.2, 0.25) is 0 Å². The molecule has 2 aliphatic heterocycles. The van der Waals surface area contributed by atoms with Crippen molar-refractivity contribution in [3.63, 3.8) is 0 Å². The van der Waals surface area contributed by atoms with Crippen molar-refractivity contribution in [2.75, 3.05) is 18.5 Å². The summed E-state index contributed by atoms with van der Waals surface area (Å²) in [6.45, 7) is 1.25. The number of anilines is 1. The van der Waals surface area contributed by atoms with Crippen LogP contribution in [-0.4, -0.2) is 31.5 Å². The number of fused-ring (bicyclic) bond motifs is 1. The molecule has 4 rings (SSSR count). The van der Waals surface area contributed by atoms with E-state index in [1.54, 1.807) is 24.3 Å². The molecule has 1 fully saturated rings. The van der Waals surface area contributed by atoms with Crippen molar-refractivity contribution in [2.45, 2.75) is 25.2 Å². The summed E-state index contributed by atoms with van der Waals surface area (Å²) in [5.41, 5.74) is 0.723. The van der Waals surface area contributed by atoms with E-state index in [4.69, 9.17) is 9.47 Å². The lowest BCUT2D eigenvalue weighted by Crippen LogP contribution is -2.25. The van der Waals surface area contributed by atoms with Crippen LogP contribution in [0.1, 0.15) is 23.2 Å². The highest BCUT2D eigenvalue weighted by Gasteiger charge is 2.43. The Morgan fingerprint density at radius 2 is 1.93 bits per heavy atom. The summed E-state index contributed by atoms with van der Waals surface area (Å²) in [5, 5.41) is 2.63. The lowest BCUT2D eigenvalue weighted by Gasteiger charge is -2.12. The third kappa shape index (κ3) is 4.11. The molecule has 1 atom stereocenters. The molecule has 27 heavy (non-hydrogen) atoms. The predicted molar refractivity (Wildman–Crippen MR) is 91.5 cm³/mol. The standard InChI is InChI=1S/C19H17F2NO5/c20-19(21)26-16-8-5-13(10-17(16)27-19)22-18(23)12-3-6-14(7-4-12)25-11-15-2-1-9-24-15/h3-8,10,15H,1-2,9,11H2,(H,22,23)/t15-/m1/s1. The molecule has 0 aromatic heterocycles. The monoisotopic (exact) mass is 377 g/mol. The Kier molecular flexibility index (Phi) is 4.57. The topological polar surface area (TPSA) is 66.0 Å². The summed E-state index contributed by atoms with van der Waals surface area (Å²) in [5.74, 6) is 0.0556. The molecular weight excluding hydrogens is 360 g/mol. The van der Waals surface area contributed by atoms with Gasteiger partial charge in [-0.05, 0) is 49.2 Å². The first kappa shape index (κ1) is 17.5. The van der Waals surface area contributed by atoms with Crippen LogP contribution in [0.5, 0.6) is 17.2 Å². The van der Waals surface area contributed by atoms with Crippen molar-refractivity contribution >= 4 is 11.6 Å². The summed E-state index contributed by atoms with van der Waals surface area (Å²) in [6, 6.07) is 10.7. The molecule has 0 radical (unpaired) electrons. The van der Waals surface area contributed by atoms with Gasteiger partial charge in [-0.25, -0.2) is 0 Å². The minimum atomic E-state index is -3.69. The predicted octanol–water partition coefficient (Wildman–Crippen LogP) is 3.82. The SMILES string of the molecule is O=C(Nc1ccc2c(c1)OC(F)(F)O2)c1ccc(OC[C@H]2CCCO2)cc1. The maximum Gasteiger partial charge on any atom is 0.586 e. The largest absolute Gasteiger partial charge is 0.586 e. The van der Waals surface area contributed by atoms with Gasteiger partial charge >= 0.3 is 6.29 Å². The molecule has 142 valence electrons. The molecule has 0 spiro atoms. The van der Waals surface area contributed by atoms with E-state index < -0.39 is 6.29 Å². The smallest absolute Gasteiger partial charge is 0.491 e. The van der Waals surface area contributed by atoms with Crippen molar-refractivity contribution in [2.24, 2.45) is 0 Å². The maximum absolute atomic E-state index is 13.0. The maximum atomic E-state index is 13.0. The van der Waals surface area contributed by atoms with E-state index in [0.717, 1.165) is 19.4 Å². The van der Waals surface area contributed by atoms with E-state index in [1.165, 1.54) is 18.2 Å². The molecule has 2 aromatic rings. The molecule has 1 saturated heterocycles. The third-order valence-corrected chi connectivity index (χ3v) is 4.24. The second kappa shape index (κ2) is 7.03. The molecule has 8 heteroatoms. The number of benzene rings is 2. The number of hydrogen-bond acceptors (Lipinski definition) is 5. The third-order valence-electron chi connectivity index (χ3n) is 4.24. The van der Waals surface area contributed by atoms with Crippen molar-refractivity contribution in [1.82, 2.24) is 0 Å². The van der Waals surface area contributed by atoms with Crippen LogP contribution in [-0.2, 0) is 4.74 Å². The first-order chi connectivity index (χ1) is 13.0. The van der Waals surface area contributed by atoms with Crippen LogP contribution in [0, 0.1) is 0 Å². The van der Waals surface area contributed by atoms with Gasteiger partial charge < -0.3 is 24.3 Å². The highest BCUT2D eigenvalue weighted by Crippen LogP contribution is 2.42. The zero-order valence-electron chi connectivity index (χ0n) is 14.2. The number of carbonyl (C=O) groups is 1. The fourth-order valence-electron chi connectivity index (χ4n) is 2.90. The number of amides is 1. The number of rotatable bonds is 5. The molecule has 0 aliphatic carbocycles. The Bertz CT molecular complexity index is 834. The summed E-state index contributed by atoms with van der Waals surface area (Å²) in [7, 11) is 0. The molecule has 1 N–H and O–H groups in total. The number of carbonyl (C=O) groups excluding carboxylic acids is 1. The van der Waals surface area contributed by atoms with Crippen molar-refractivity contribution in [3.05, 3.63) is 48.0 Å². The first-order valence-electron chi connectivity index (χ1n) is 8.54. The molecule has 0 unspecified atom stereocenters. The summed E-state index contributed by atoms with van der Waals surface area (Å²) < 4.78 is 45.9. The zero-order chi connectivity index (χ0) is 18.9. The van der Waals surface area contributed by atoms with Crippen LogP contribution in [0.15, 0.2) is 42.5 Å². The number of nitrogens with one attached hydrogen (secondary N) is 1. The molecule has 1 amide bonds. The van der Waals surface area contributed by atoms with E-state index >= 15 is 0 Å². The Hall–Kier alpha value is -2.87. The van der Waals surface area contributed by atoms with E-state index in [9.17, 15) is 13.6 Å². The summed E-state index contributed by atoms with van der Waals surface area (Å²) >= 11 is 0.